The minimum Gasteiger partial charge on any atom is -0.504 e. The number of benzene rings is 1. The first kappa shape index (κ1) is 26.0. The third-order valence-corrected chi connectivity index (χ3v) is 6.28. The monoisotopic (exact) mass is 478 g/mol. The van der Waals surface area contributed by atoms with Crippen LogP contribution in [-0.2, 0) is 23.8 Å². The maximum absolute atomic E-state index is 12.7. The van der Waals surface area contributed by atoms with Gasteiger partial charge in [-0.2, -0.15) is 0 Å². The molecule has 1 aliphatic heterocycles. The molecule has 188 valence electrons. The van der Waals surface area contributed by atoms with Crippen LogP contribution in [0.1, 0.15) is 70.3 Å². The normalized spacial score (nSPS) is 29.0. The molecule has 2 aliphatic rings. The fourth-order valence-electron chi connectivity index (χ4n) is 4.37. The lowest BCUT2D eigenvalue weighted by Crippen LogP contribution is -2.56. The van der Waals surface area contributed by atoms with Crippen molar-refractivity contribution in [2.24, 2.45) is 0 Å². The van der Waals surface area contributed by atoms with Crippen LogP contribution >= 0.6 is 0 Å². The summed E-state index contributed by atoms with van der Waals surface area (Å²) in [5.74, 6) is -2.06. The van der Waals surface area contributed by atoms with Crippen molar-refractivity contribution in [3.63, 3.8) is 0 Å². The first-order valence-electron chi connectivity index (χ1n) is 11.9. The Labute approximate surface area is 199 Å². The zero-order valence-corrected chi connectivity index (χ0v) is 19.4. The Balaban J connectivity index is 1.57. The molecule has 2 fully saturated rings. The molecule has 9 nitrogen and oxygen atoms in total. The van der Waals surface area contributed by atoms with Crippen LogP contribution in [0.4, 0.5) is 0 Å². The predicted octanol–water partition coefficient (Wildman–Crippen LogP) is 2.93. The van der Waals surface area contributed by atoms with Crippen LogP contribution in [0.2, 0.25) is 0 Å². The number of hydrogen-bond donors (Lipinski definition) is 4. The molecule has 0 bridgehead atoms. The molecule has 1 spiro atoms. The SMILES string of the molecule is CCCCCCCC[C@H]1OC(=O)[C@@]2(C[C@@H](O)[C@@H](O)[C@H](OC(=O)/C=C/c3ccc(O)c(O)c3)C2)O1. The minimum absolute atomic E-state index is 0.128. The van der Waals surface area contributed by atoms with E-state index < -0.39 is 42.1 Å². The van der Waals surface area contributed by atoms with Crippen molar-refractivity contribution in [1.29, 1.82) is 0 Å². The van der Waals surface area contributed by atoms with E-state index in [1.807, 2.05) is 0 Å². The smallest absolute Gasteiger partial charge is 0.341 e. The Kier molecular flexibility index (Phi) is 8.93. The van der Waals surface area contributed by atoms with E-state index >= 15 is 0 Å². The summed E-state index contributed by atoms with van der Waals surface area (Å²) < 4.78 is 16.6. The molecule has 1 aromatic carbocycles. The molecule has 0 amide bonds. The number of phenolic OH excluding ortho intramolecular Hbond substituents is 2. The van der Waals surface area contributed by atoms with E-state index in [1.165, 1.54) is 43.5 Å². The minimum atomic E-state index is -1.47. The largest absolute Gasteiger partial charge is 0.504 e. The van der Waals surface area contributed by atoms with Gasteiger partial charge in [-0.25, -0.2) is 9.59 Å². The molecular weight excluding hydrogens is 444 g/mol. The number of esters is 2. The van der Waals surface area contributed by atoms with E-state index in [1.54, 1.807) is 0 Å². The second-order valence-corrected chi connectivity index (χ2v) is 9.03. The van der Waals surface area contributed by atoms with Gasteiger partial charge in [-0.15, -0.1) is 0 Å². The summed E-state index contributed by atoms with van der Waals surface area (Å²) in [6, 6.07) is 4.02. The first-order valence-corrected chi connectivity index (χ1v) is 11.9. The molecule has 0 unspecified atom stereocenters. The van der Waals surface area contributed by atoms with Gasteiger partial charge in [0.05, 0.1) is 6.10 Å². The maximum Gasteiger partial charge on any atom is 0.341 e. The summed E-state index contributed by atoms with van der Waals surface area (Å²) in [5, 5.41) is 39.6. The lowest BCUT2D eigenvalue weighted by molar-refractivity contribution is -0.192. The second-order valence-electron chi connectivity index (χ2n) is 9.03. The van der Waals surface area contributed by atoms with E-state index in [9.17, 15) is 30.0 Å². The quantitative estimate of drug-likeness (QED) is 0.173. The summed E-state index contributed by atoms with van der Waals surface area (Å²) in [5.41, 5.74) is -1.03. The van der Waals surface area contributed by atoms with Gasteiger partial charge >= 0.3 is 11.9 Å². The van der Waals surface area contributed by atoms with Gasteiger partial charge < -0.3 is 34.6 Å². The average Bonchev–Trinajstić information content (AvgIpc) is 3.09. The predicted molar refractivity (Wildman–Crippen MR) is 122 cm³/mol. The van der Waals surface area contributed by atoms with Gasteiger partial charge in [0.2, 0.25) is 6.29 Å². The molecule has 1 aromatic rings. The maximum atomic E-state index is 12.7. The van der Waals surface area contributed by atoms with E-state index in [2.05, 4.69) is 6.92 Å². The number of hydrogen-bond acceptors (Lipinski definition) is 9. The van der Waals surface area contributed by atoms with Crippen molar-refractivity contribution in [2.75, 3.05) is 0 Å². The average molecular weight is 479 g/mol. The number of carbonyl (C=O) groups is 2. The standard InChI is InChI=1S/C25H34O9/c1-2-3-4-5-6-7-8-22-33-24(31)25(34-22)14-19(28)23(30)20(15-25)32-21(29)12-10-16-9-11-17(26)18(27)13-16/h9-13,19-20,22-23,26-28,30H,2-8,14-15H2,1H3/b12-10+/t19-,20-,22+,23-,25+/m1/s1. The highest BCUT2D eigenvalue weighted by Crippen LogP contribution is 2.41. The Morgan fingerprint density at radius 1 is 1.12 bits per heavy atom. The summed E-state index contributed by atoms with van der Waals surface area (Å²) in [4.78, 5) is 25.0. The topological polar surface area (TPSA) is 143 Å². The van der Waals surface area contributed by atoms with Crippen LogP contribution in [0.3, 0.4) is 0 Å². The van der Waals surface area contributed by atoms with Gasteiger partial charge in [0.25, 0.3) is 0 Å². The number of carbonyl (C=O) groups excluding carboxylic acids is 2. The summed E-state index contributed by atoms with van der Waals surface area (Å²) >= 11 is 0. The highest BCUT2D eigenvalue weighted by Gasteiger charge is 2.58. The van der Waals surface area contributed by atoms with Crippen molar-refractivity contribution in [3.05, 3.63) is 29.8 Å². The fraction of sp³-hybridized carbons (Fsp3) is 0.600. The van der Waals surface area contributed by atoms with Crippen molar-refractivity contribution < 1.29 is 44.2 Å². The van der Waals surface area contributed by atoms with Gasteiger partial charge in [-0.3, -0.25) is 0 Å². The Morgan fingerprint density at radius 2 is 1.85 bits per heavy atom. The molecule has 1 aliphatic carbocycles. The van der Waals surface area contributed by atoms with Gasteiger partial charge in [0.15, 0.2) is 17.1 Å². The molecular formula is C25H34O9. The van der Waals surface area contributed by atoms with Gasteiger partial charge in [-0.1, -0.05) is 45.1 Å². The second kappa shape index (κ2) is 11.7. The number of aliphatic hydroxyl groups is 2. The van der Waals surface area contributed by atoms with Crippen molar-refractivity contribution in [2.45, 2.75) is 94.9 Å². The first-order chi connectivity index (χ1) is 16.2. The van der Waals surface area contributed by atoms with Crippen LogP contribution in [-0.4, -0.2) is 62.6 Å². The number of rotatable bonds is 10. The van der Waals surface area contributed by atoms with Crippen LogP contribution in [0.25, 0.3) is 6.08 Å². The molecule has 0 aromatic heterocycles. The molecule has 3 rings (SSSR count). The zero-order chi connectivity index (χ0) is 24.7. The molecule has 34 heavy (non-hydrogen) atoms. The molecule has 1 saturated heterocycles. The van der Waals surface area contributed by atoms with Crippen LogP contribution < -0.4 is 0 Å². The number of ether oxygens (including phenoxy) is 3. The van der Waals surface area contributed by atoms with Crippen molar-refractivity contribution in [3.8, 4) is 11.5 Å². The zero-order valence-electron chi connectivity index (χ0n) is 19.4. The van der Waals surface area contributed by atoms with E-state index in [4.69, 9.17) is 14.2 Å². The highest BCUT2D eigenvalue weighted by atomic mass is 16.8. The summed E-state index contributed by atoms with van der Waals surface area (Å²) in [7, 11) is 0. The van der Waals surface area contributed by atoms with Gasteiger partial charge in [0, 0.05) is 25.3 Å². The van der Waals surface area contributed by atoms with Crippen LogP contribution in [0.15, 0.2) is 24.3 Å². The van der Waals surface area contributed by atoms with Crippen molar-refractivity contribution >= 4 is 18.0 Å². The molecule has 9 heteroatoms. The van der Waals surface area contributed by atoms with E-state index in [-0.39, 0.29) is 24.3 Å². The number of cyclic esters (lactones) is 1. The Morgan fingerprint density at radius 3 is 2.59 bits per heavy atom. The Bertz CT molecular complexity index is 883. The van der Waals surface area contributed by atoms with Gasteiger partial charge in [-0.05, 0) is 30.2 Å². The van der Waals surface area contributed by atoms with Crippen LogP contribution in [0, 0.1) is 0 Å². The number of aromatic hydroxyl groups is 2. The lowest BCUT2D eigenvalue weighted by Gasteiger charge is -2.39. The molecule has 5 atom stereocenters. The molecule has 4 N–H and O–H groups in total. The lowest BCUT2D eigenvalue weighted by atomic mass is 9.79. The molecule has 1 saturated carbocycles. The molecule has 1 heterocycles. The molecule has 0 radical (unpaired) electrons. The summed E-state index contributed by atoms with van der Waals surface area (Å²) in [6.45, 7) is 2.16. The van der Waals surface area contributed by atoms with Gasteiger partial charge in [0.1, 0.15) is 12.2 Å². The highest BCUT2D eigenvalue weighted by molar-refractivity contribution is 5.87. The third-order valence-electron chi connectivity index (χ3n) is 6.28. The number of unbranched alkanes of at least 4 members (excludes halogenated alkanes) is 5. The third kappa shape index (κ3) is 6.49. The fourth-order valence-corrected chi connectivity index (χ4v) is 4.37. The van der Waals surface area contributed by atoms with Crippen molar-refractivity contribution in [1.82, 2.24) is 0 Å². The van der Waals surface area contributed by atoms with E-state index in [0.29, 0.717) is 12.0 Å². The number of aliphatic hydroxyl groups excluding tert-OH is 2. The Hall–Kier alpha value is -2.62. The summed E-state index contributed by atoms with van der Waals surface area (Å²) in [6.07, 6.45) is 4.63. The van der Waals surface area contributed by atoms with Crippen LogP contribution in [0.5, 0.6) is 11.5 Å². The number of phenols is 2. The van der Waals surface area contributed by atoms with E-state index in [0.717, 1.165) is 25.3 Å².